The van der Waals surface area contributed by atoms with Gasteiger partial charge >= 0.3 is 0 Å². The van der Waals surface area contributed by atoms with Gasteiger partial charge in [-0.1, -0.05) is 15.9 Å². The van der Waals surface area contributed by atoms with Gasteiger partial charge in [0.05, 0.1) is 11.4 Å². The highest BCUT2D eigenvalue weighted by molar-refractivity contribution is 9.10. The molecule has 2 N–H and O–H groups in total. The van der Waals surface area contributed by atoms with E-state index in [1.54, 1.807) is 11.0 Å². The van der Waals surface area contributed by atoms with Crippen molar-refractivity contribution in [1.29, 1.82) is 0 Å². The first kappa shape index (κ1) is 15.4. The lowest BCUT2D eigenvalue weighted by Crippen LogP contribution is -2.27. The molecule has 2 heterocycles. The number of hydrogen-bond acceptors (Lipinski definition) is 4. The summed E-state index contributed by atoms with van der Waals surface area (Å²) in [7, 11) is 0. The lowest BCUT2D eigenvalue weighted by molar-refractivity contribution is -0.116. The molecule has 0 unspecified atom stereocenters. The highest BCUT2D eigenvalue weighted by Crippen LogP contribution is 2.38. The number of anilines is 2. The number of rotatable bonds is 2. The van der Waals surface area contributed by atoms with E-state index in [1.807, 2.05) is 6.07 Å². The molecule has 8 heteroatoms. The van der Waals surface area contributed by atoms with Crippen LogP contribution >= 0.6 is 15.9 Å². The van der Waals surface area contributed by atoms with Crippen LogP contribution < -0.4 is 15.8 Å². The van der Waals surface area contributed by atoms with Gasteiger partial charge in [0.1, 0.15) is 5.69 Å². The molecule has 0 atom stereocenters. The number of aromatic nitrogens is 2. The topological polar surface area (TPSA) is 95.2 Å². The van der Waals surface area contributed by atoms with Crippen molar-refractivity contribution in [3.8, 4) is 0 Å². The Morgan fingerprint density at radius 3 is 2.78 bits per heavy atom. The van der Waals surface area contributed by atoms with Gasteiger partial charge in [-0.05, 0) is 30.2 Å². The molecule has 2 amide bonds. The van der Waals surface area contributed by atoms with E-state index in [2.05, 4.69) is 31.4 Å². The minimum atomic E-state index is -0.461. The standard InChI is InChI=1S/C15H13BrN4O3/c1-8(21)20-5-4-9-6-10(16)7-12(14(9)20)17-15(23)11-2-3-13(22)19-18-11/h2-3,6-7H,4-5H2,1H3,(H,17,23)(H,19,22). The van der Waals surface area contributed by atoms with Crippen LogP contribution in [0.1, 0.15) is 23.0 Å². The second-order valence-corrected chi connectivity index (χ2v) is 6.06. The maximum absolute atomic E-state index is 12.3. The van der Waals surface area contributed by atoms with Crippen molar-refractivity contribution in [3.05, 3.63) is 50.3 Å². The number of amides is 2. The van der Waals surface area contributed by atoms with Gasteiger partial charge in [-0.25, -0.2) is 5.10 Å². The largest absolute Gasteiger partial charge is 0.319 e. The molecular weight excluding hydrogens is 364 g/mol. The molecule has 0 fully saturated rings. The molecule has 1 aromatic heterocycles. The van der Waals surface area contributed by atoms with E-state index >= 15 is 0 Å². The van der Waals surface area contributed by atoms with E-state index < -0.39 is 5.91 Å². The summed E-state index contributed by atoms with van der Waals surface area (Å²) in [6.45, 7) is 2.08. The first-order chi connectivity index (χ1) is 11.0. The zero-order valence-corrected chi connectivity index (χ0v) is 13.8. The first-order valence-electron chi connectivity index (χ1n) is 6.93. The predicted octanol–water partition coefficient (Wildman–Crippen LogP) is 1.69. The van der Waals surface area contributed by atoms with Crippen LogP contribution in [-0.2, 0) is 11.2 Å². The third kappa shape index (κ3) is 3.02. The number of aromatic amines is 1. The lowest BCUT2D eigenvalue weighted by Gasteiger charge is -2.19. The number of nitrogens with zero attached hydrogens (tertiary/aromatic N) is 2. The number of halogens is 1. The second-order valence-electron chi connectivity index (χ2n) is 5.14. The van der Waals surface area contributed by atoms with Gasteiger partial charge < -0.3 is 10.2 Å². The van der Waals surface area contributed by atoms with E-state index in [4.69, 9.17) is 0 Å². The van der Waals surface area contributed by atoms with Crippen molar-refractivity contribution < 1.29 is 9.59 Å². The Bertz CT molecular complexity index is 842. The van der Waals surface area contributed by atoms with Gasteiger partial charge in [-0.2, -0.15) is 5.10 Å². The van der Waals surface area contributed by atoms with Gasteiger partial charge in [-0.3, -0.25) is 14.4 Å². The number of fused-ring (bicyclic) bond motifs is 1. The Morgan fingerprint density at radius 2 is 2.13 bits per heavy atom. The maximum Gasteiger partial charge on any atom is 0.276 e. The average Bonchev–Trinajstić information content (AvgIpc) is 2.91. The molecule has 0 aliphatic carbocycles. The van der Waals surface area contributed by atoms with Crippen LogP contribution in [0.2, 0.25) is 0 Å². The van der Waals surface area contributed by atoms with Crippen molar-refractivity contribution in [1.82, 2.24) is 10.2 Å². The molecule has 3 rings (SSSR count). The third-order valence-corrected chi connectivity index (χ3v) is 4.03. The summed E-state index contributed by atoms with van der Waals surface area (Å²) in [5.41, 5.74) is 1.93. The quantitative estimate of drug-likeness (QED) is 0.833. The SMILES string of the molecule is CC(=O)N1CCc2cc(Br)cc(NC(=O)c3ccc(=O)[nH]n3)c21. The van der Waals surface area contributed by atoms with Gasteiger partial charge in [0.2, 0.25) is 5.91 Å². The summed E-state index contributed by atoms with van der Waals surface area (Å²) in [5.74, 6) is -0.541. The van der Waals surface area contributed by atoms with Crippen LogP contribution in [0.4, 0.5) is 11.4 Å². The number of nitrogens with one attached hydrogen (secondary N) is 2. The Kier molecular flexibility index (Phi) is 3.99. The van der Waals surface area contributed by atoms with E-state index in [0.29, 0.717) is 17.9 Å². The Morgan fingerprint density at radius 1 is 1.35 bits per heavy atom. The van der Waals surface area contributed by atoms with Crippen LogP contribution in [0, 0.1) is 0 Å². The van der Waals surface area contributed by atoms with Crippen molar-refractivity contribution in [2.75, 3.05) is 16.8 Å². The van der Waals surface area contributed by atoms with E-state index in [-0.39, 0.29) is 17.2 Å². The maximum atomic E-state index is 12.3. The fraction of sp³-hybridized carbons (Fsp3) is 0.200. The highest BCUT2D eigenvalue weighted by Gasteiger charge is 2.27. The van der Waals surface area contributed by atoms with Crippen molar-refractivity contribution in [2.45, 2.75) is 13.3 Å². The summed E-state index contributed by atoms with van der Waals surface area (Å²) >= 11 is 3.41. The summed E-state index contributed by atoms with van der Waals surface area (Å²) in [5, 5.41) is 8.68. The summed E-state index contributed by atoms with van der Waals surface area (Å²) in [4.78, 5) is 36.7. The predicted molar refractivity (Wildman–Crippen MR) is 88.7 cm³/mol. The molecule has 23 heavy (non-hydrogen) atoms. The monoisotopic (exact) mass is 376 g/mol. The minimum Gasteiger partial charge on any atom is -0.319 e. The lowest BCUT2D eigenvalue weighted by atomic mass is 10.1. The fourth-order valence-electron chi connectivity index (χ4n) is 2.58. The van der Waals surface area contributed by atoms with Crippen molar-refractivity contribution >= 4 is 39.1 Å². The summed E-state index contributed by atoms with van der Waals surface area (Å²) in [6, 6.07) is 6.25. The van der Waals surface area contributed by atoms with Gasteiger partial charge in [0.15, 0.2) is 0 Å². The van der Waals surface area contributed by atoms with Crippen LogP contribution in [0.5, 0.6) is 0 Å². The molecule has 0 bridgehead atoms. The Hall–Kier alpha value is -2.48. The summed E-state index contributed by atoms with van der Waals surface area (Å²) < 4.78 is 0.811. The molecule has 0 radical (unpaired) electrons. The zero-order valence-electron chi connectivity index (χ0n) is 12.2. The zero-order chi connectivity index (χ0) is 16.6. The average molecular weight is 377 g/mol. The van der Waals surface area contributed by atoms with Crippen molar-refractivity contribution in [3.63, 3.8) is 0 Å². The van der Waals surface area contributed by atoms with E-state index in [9.17, 15) is 14.4 Å². The molecule has 2 aromatic rings. The third-order valence-electron chi connectivity index (χ3n) is 3.57. The molecule has 1 aromatic carbocycles. The number of carbonyl (C=O) groups excluding carboxylic acids is 2. The molecule has 0 saturated carbocycles. The molecule has 0 spiro atoms. The number of benzene rings is 1. The van der Waals surface area contributed by atoms with Crippen molar-refractivity contribution in [2.24, 2.45) is 0 Å². The number of H-pyrrole nitrogens is 1. The Labute approximate surface area is 139 Å². The van der Waals surface area contributed by atoms with Crippen LogP contribution in [0.3, 0.4) is 0 Å². The number of hydrogen-bond donors (Lipinski definition) is 2. The number of carbonyl (C=O) groups is 2. The van der Waals surface area contributed by atoms with Crippen LogP contribution in [0.25, 0.3) is 0 Å². The van der Waals surface area contributed by atoms with Crippen LogP contribution in [-0.4, -0.2) is 28.6 Å². The molecule has 0 saturated heterocycles. The molecule has 118 valence electrons. The fourth-order valence-corrected chi connectivity index (χ4v) is 3.08. The van der Waals surface area contributed by atoms with Crippen LogP contribution in [0.15, 0.2) is 33.5 Å². The summed E-state index contributed by atoms with van der Waals surface area (Å²) in [6.07, 6.45) is 0.730. The smallest absolute Gasteiger partial charge is 0.276 e. The second kappa shape index (κ2) is 5.96. The van der Waals surface area contributed by atoms with Gasteiger partial charge in [0, 0.05) is 24.0 Å². The van der Waals surface area contributed by atoms with Gasteiger partial charge in [-0.15, -0.1) is 0 Å². The van der Waals surface area contributed by atoms with Gasteiger partial charge in [0.25, 0.3) is 11.5 Å². The normalized spacial score (nSPS) is 12.9. The molecule has 1 aliphatic heterocycles. The molecule has 1 aliphatic rings. The Balaban J connectivity index is 1.97. The minimum absolute atomic E-state index is 0.0799. The van der Waals surface area contributed by atoms with E-state index in [0.717, 1.165) is 16.5 Å². The highest BCUT2D eigenvalue weighted by atomic mass is 79.9. The van der Waals surface area contributed by atoms with E-state index in [1.165, 1.54) is 19.1 Å². The first-order valence-corrected chi connectivity index (χ1v) is 7.72. The molecule has 7 nitrogen and oxygen atoms in total. The molecular formula is C15H13BrN4O3.